The minimum absolute atomic E-state index is 0.0865. The maximum Gasteiger partial charge on any atom is 0.306 e. The van der Waals surface area contributed by atoms with Gasteiger partial charge in [-0.25, -0.2) is 0 Å². The first-order chi connectivity index (χ1) is 7.26. The molecule has 0 aliphatic carbocycles. The number of aliphatic hydroxyl groups is 1. The zero-order valence-electron chi connectivity index (χ0n) is 10.7. The first-order valence-corrected chi connectivity index (χ1v) is 5.12. The second-order valence-electron chi connectivity index (χ2n) is 3.82. The Morgan fingerprint density at radius 2 is 1.31 bits per heavy atom. The molecular weight excluding hydrogens is 212 g/mol. The molecule has 0 bridgehead atoms. The van der Waals surface area contributed by atoms with Crippen LogP contribution >= 0.6 is 0 Å². The zero-order chi connectivity index (χ0) is 13.2. The summed E-state index contributed by atoms with van der Waals surface area (Å²) >= 11 is 0. The molecule has 0 rings (SSSR count). The molecule has 0 radical (unpaired) electrons. The molecule has 96 valence electrons. The molecule has 0 aliphatic heterocycles. The number of hydrogen-bond donors (Lipinski definition) is 1. The normalized spacial score (nSPS) is 9.88. The van der Waals surface area contributed by atoms with E-state index in [2.05, 4.69) is 9.47 Å². The number of carbonyl (C=O) groups excluding carboxylic acids is 2. The van der Waals surface area contributed by atoms with Gasteiger partial charge in [-0.2, -0.15) is 0 Å². The van der Waals surface area contributed by atoms with Crippen molar-refractivity contribution in [2.45, 2.75) is 45.6 Å². The summed E-state index contributed by atoms with van der Waals surface area (Å²) in [6, 6.07) is 0. The van der Waals surface area contributed by atoms with E-state index in [4.69, 9.17) is 5.11 Å². The Kier molecular flexibility index (Phi) is 9.89. The predicted octanol–water partition coefficient (Wildman–Crippen LogP) is 1.28. The van der Waals surface area contributed by atoms with E-state index in [-0.39, 0.29) is 12.8 Å². The summed E-state index contributed by atoms with van der Waals surface area (Å²) < 4.78 is 8.60. The molecule has 5 heteroatoms. The fraction of sp³-hybridized carbons (Fsp3) is 0.818. The zero-order valence-corrected chi connectivity index (χ0v) is 10.7. The molecule has 5 nitrogen and oxygen atoms in total. The summed E-state index contributed by atoms with van der Waals surface area (Å²) in [6.07, 6.45) is 0.999. The van der Waals surface area contributed by atoms with Crippen molar-refractivity contribution >= 4 is 11.9 Å². The van der Waals surface area contributed by atoms with Crippen LogP contribution in [-0.4, -0.2) is 36.9 Å². The van der Waals surface area contributed by atoms with Crippen LogP contribution in [0.1, 0.15) is 40.0 Å². The number of carbonyl (C=O) groups is 2. The van der Waals surface area contributed by atoms with E-state index < -0.39 is 17.5 Å². The van der Waals surface area contributed by atoms with Gasteiger partial charge in [0.1, 0.15) is 0 Å². The summed E-state index contributed by atoms with van der Waals surface area (Å²) in [5.41, 5.74) is -0.458. The first-order valence-electron chi connectivity index (χ1n) is 5.12. The highest BCUT2D eigenvalue weighted by atomic mass is 16.5. The van der Waals surface area contributed by atoms with E-state index in [0.29, 0.717) is 0 Å². The Labute approximate surface area is 96.7 Å². The minimum atomic E-state index is -0.458. The molecule has 0 aliphatic rings. The van der Waals surface area contributed by atoms with Crippen molar-refractivity contribution in [3.63, 3.8) is 0 Å². The van der Waals surface area contributed by atoms with Crippen molar-refractivity contribution in [1.82, 2.24) is 0 Å². The molecule has 1 N–H and O–H groups in total. The third-order valence-corrected chi connectivity index (χ3v) is 1.85. The van der Waals surface area contributed by atoms with E-state index in [9.17, 15) is 9.59 Å². The monoisotopic (exact) mass is 234 g/mol. The fourth-order valence-corrected chi connectivity index (χ4v) is 0.408. The van der Waals surface area contributed by atoms with Gasteiger partial charge in [-0.1, -0.05) is 6.92 Å². The molecule has 0 aromatic heterocycles. The molecule has 0 heterocycles. The maximum absolute atomic E-state index is 10.4. The Balaban J connectivity index is 0. The van der Waals surface area contributed by atoms with Crippen molar-refractivity contribution in [2.75, 3.05) is 14.2 Å². The molecule has 0 spiro atoms. The van der Waals surface area contributed by atoms with Crippen molar-refractivity contribution < 1.29 is 24.2 Å². The van der Waals surface area contributed by atoms with Gasteiger partial charge in [-0.3, -0.25) is 9.59 Å². The second kappa shape index (κ2) is 9.15. The standard InChI is InChI=1S/C6H10O4.C5H12O/c1-9-5(7)3-4-6(8)10-2;1-4-5(2,3)6/h3-4H2,1-2H3;6H,4H2,1-3H3. The molecule has 0 fully saturated rings. The molecular formula is C11H22O5. The van der Waals surface area contributed by atoms with E-state index in [1.54, 1.807) is 13.8 Å². The van der Waals surface area contributed by atoms with Crippen LogP contribution in [0.2, 0.25) is 0 Å². The highest BCUT2D eigenvalue weighted by molar-refractivity contribution is 5.77. The Bertz CT molecular complexity index is 189. The molecule has 0 aromatic rings. The Morgan fingerprint density at radius 3 is 1.44 bits per heavy atom. The highest BCUT2D eigenvalue weighted by Gasteiger charge is 2.06. The van der Waals surface area contributed by atoms with Crippen molar-refractivity contribution in [1.29, 1.82) is 0 Å². The molecule has 0 amide bonds. The lowest BCUT2D eigenvalue weighted by atomic mass is 10.1. The van der Waals surface area contributed by atoms with Crippen molar-refractivity contribution in [3.8, 4) is 0 Å². The summed E-state index contributed by atoms with van der Waals surface area (Å²) in [4.78, 5) is 20.8. The Morgan fingerprint density at radius 1 is 1.06 bits per heavy atom. The quantitative estimate of drug-likeness (QED) is 0.742. The van der Waals surface area contributed by atoms with Crippen LogP contribution in [0.15, 0.2) is 0 Å². The van der Waals surface area contributed by atoms with E-state index in [1.807, 2.05) is 6.92 Å². The van der Waals surface area contributed by atoms with Gasteiger partial charge in [-0.05, 0) is 20.3 Å². The molecule has 0 saturated heterocycles. The topological polar surface area (TPSA) is 72.8 Å². The van der Waals surface area contributed by atoms with Gasteiger partial charge in [0.05, 0.1) is 32.7 Å². The number of hydrogen-bond acceptors (Lipinski definition) is 5. The third kappa shape index (κ3) is 15.4. The van der Waals surface area contributed by atoms with Crippen molar-refractivity contribution in [3.05, 3.63) is 0 Å². The van der Waals surface area contributed by atoms with Gasteiger partial charge in [-0.15, -0.1) is 0 Å². The number of methoxy groups -OCH3 is 2. The number of esters is 2. The lowest BCUT2D eigenvalue weighted by Crippen LogP contribution is -2.15. The molecule has 0 unspecified atom stereocenters. The van der Waals surface area contributed by atoms with Crippen LogP contribution in [0.25, 0.3) is 0 Å². The van der Waals surface area contributed by atoms with Crippen molar-refractivity contribution in [2.24, 2.45) is 0 Å². The fourth-order valence-electron chi connectivity index (χ4n) is 0.408. The summed E-state index contributed by atoms with van der Waals surface area (Å²) in [5.74, 6) is -0.796. The molecule has 0 atom stereocenters. The van der Waals surface area contributed by atoms with E-state index >= 15 is 0 Å². The lowest BCUT2D eigenvalue weighted by Gasteiger charge is -2.11. The maximum atomic E-state index is 10.4. The number of rotatable bonds is 4. The van der Waals surface area contributed by atoms with Gasteiger partial charge in [0.15, 0.2) is 0 Å². The average Bonchev–Trinajstić information content (AvgIpc) is 2.25. The van der Waals surface area contributed by atoms with Gasteiger partial charge in [0.25, 0.3) is 0 Å². The van der Waals surface area contributed by atoms with Crippen LogP contribution in [0.4, 0.5) is 0 Å². The largest absolute Gasteiger partial charge is 0.469 e. The van der Waals surface area contributed by atoms with Gasteiger partial charge in [0.2, 0.25) is 0 Å². The van der Waals surface area contributed by atoms with E-state index in [1.165, 1.54) is 14.2 Å². The smallest absolute Gasteiger partial charge is 0.306 e. The summed E-state index contributed by atoms with van der Waals surface area (Å²) in [7, 11) is 2.55. The summed E-state index contributed by atoms with van der Waals surface area (Å²) in [5, 5.41) is 8.83. The molecule has 16 heavy (non-hydrogen) atoms. The van der Waals surface area contributed by atoms with Gasteiger partial charge < -0.3 is 14.6 Å². The van der Waals surface area contributed by atoms with Gasteiger partial charge >= 0.3 is 11.9 Å². The lowest BCUT2D eigenvalue weighted by molar-refractivity contribution is -0.147. The SMILES string of the molecule is CCC(C)(C)O.COC(=O)CCC(=O)OC. The highest BCUT2D eigenvalue weighted by Crippen LogP contribution is 2.03. The summed E-state index contributed by atoms with van der Waals surface area (Å²) in [6.45, 7) is 5.56. The van der Waals surface area contributed by atoms with Crippen LogP contribution < -0.4 is 0 Å². The molecule has 0 aromatic carbocycles. The number of ether oxygens (including phenoxy) is 2. The van der Waals surface area contributed by atoms with Crippen LogP contribution in [-0.2, 0) is 19.1 Å². The average molecular weight is 234 g/mol. The second-order valence-corrected chi connectivity index (χ2v) is 3.82. The third-order valence-electron chi connectivity index (χ3n) is 1.85. The van der Waals surface area contributed by atoms with Crippen LogP contribution in [0.3, 0.4) is 0 Å². The molecule has 0 saturated carbocycles. The Hall–Kier alpha value is -1.10. The first kappa shape index (κ1) is 17.3. The van der Waals surface area contributed by atoms with Gasteiger partial charge in [0, 0.05) is 0 Å². The van der Waals surface area contributed by atoms with Crippen LogP contribution in [0.5, 0.6) is 0 Å². The van der Waals surface area contributed by atoms with E-state index in [0.717, 1.165) is 6.42 Å². The van der Waals surface area contributed by atoms with Crippen LogP contribution in [0, 0.1) is 0 Å². The minimum Gasteiger partial charge on any atom is -0.469 e. The predicted molar refractivity (Wildman–Crippen MR) is 59.9 cm³/mol.